The molecule has 0 aliphatic heterocycles. The number of fused-ring (bicyclic) bond motifs is 2. The molecule has 0 saturated carbocycles. The maximum Gasteiger partial charge on any atom is 0.177 e. The zero-order chi connectivity index (χ0) is 14.8. The van der Waals surface area contributed by atoms with Crippen LogP contribution >= 0.6 is 0 Å². The van der Waals surface area contributed by atoms with E-state index in [9.17, 15) is 9.59 Å². The molecule has 0 fully saturated rings. The van der Waals surface area contributed by atoms with Crippen LogP contribution in [-0.2, 0) is 12.8 Å². The Labute approximate surface area is 123 Å². The van der Waals surface area contributed by atoms with Crippen molar-refractivity contribution in [3.8, 4) is 0 Å². The van der Waals surface area contributed by atoms with Crippen molar-refractivity contribution in [3.63, 3.8) is 0 Å². The van der Waals surface area contributed by atoms with Crippen molar-refractivity contribution < 1.29 is 9.59 Å². The van der Waals surface area contributed by atoms with Crippen molar-refractivity contribution >= 4 is 11.6 Å². The zero-order valence-electron chi connectivity index (χ0n) is 12.2. The van der Waals surface area contributed by atoms with Gasteiger partial charge in [-0.1, -0.05) is 42.0 Å². The van der Waals surface area contributed by atoms with E-state index in [4.69, 9.17) is 0 Å². The minimum Gasteiger partial charge on any atom is -0.293 e. The summed E-state index contributed by atoms with van der Waals surface area (Å²) in [4.78, 5) is 25.8. The van der Waals surface area contributed by atoms with Crippen LogP contribution in [0.3, 0.4) is 0 Å². The van der Waals surface area contributed by atoms with E-state index in [1.807, 2.05) is 50.2 Å². The molecule has 0 aromatic heterocycles. The predicted octanol–water partition coefficient (Wildman–Crippen LogP) is 3.47. The zero-order valence-corrected chi connectivity index (χ0v) is 12.2. The number of rotatable bonds is 0. The first-order chi connectivity index (χ1) is 10.0. The predicted molar refractivity (Wildman–Crippen MR) is 80.9 cm³/mol. The maximum absolute atomic E-state index is 12.9. The average molecular weight is 276 g/mol. The summed E-state index contributed by atoms with van der Waals surface area (Å²) in [5.41, 5.74) is 4.94. The minimum absolute atomic E-state index is 0.0121. The molecule has 0 amide bonds. The second kappa shape index (κ2) is 3.91. The van der Waals surface area contributed by atoms with Crippen molar-refractivity contribution in [1.29, 1.82) is 0 Å². The molecule has 4 rings (SSSR count). The third-order valence-electron chi connectivity index (χ3n) is 5.00. The van der Waals surface area contributed by atoms with E-state index in [-0.39, 0.29) is 11.6 Å². The highest BCUT2D eigenvalue weighted by Crippen LogP contribution is 2.47. The summed E-state index contributed by atoms with van der Waals surface area (Å²) >= 11 is 0. The number of hydrogen-bond acceptors (Lipinski definition) is 2. The normalized spacial score (nSPS) is 22.8. The highest BCUT2D eigenvalue weighted by Gasteiger charge is 2.55. The molecule has 0 N–H and O–H groups in total. The molecular formula is C19H16O2. The van der Waals surface area contributed by atoms with Gasteiger partial charge in [0.25, 0.3) is 0 Å². The van der Waals surface area contributed by atoms with Gasteiger partial charge in [0.1, 0.15) is 5.41 Å². The van der Waals surface area contributed by atoms with Crippen LogP contribution in [-0.4, -0.2) is 11.6 Å². The van der Waals surface area contributed by atoms with E-state index in [2.05, 4.69) is 0 Å². The number of benzene rings is 2. The van der Waals surface area contributed by atoms with Gasteiger partial charge < -0.3 is 0 Å². The Morgan fingerprint density at radius 2 is 1.67 bits per heavy atom. The van der Waals surface area contributed by atoms with Gasteiger partial charge in [0.15, 0.2) is 11.6 Å². The smallest absolute Gasteiger partial charge is 0.177 e. The quantitative estimate of drug-likeness (QED) is 0.690. The summed E-state index contributed by atoms with van der Waals surface area (Å²) in [6, 6.07) is 11.7. The minimum atomic E-state index is -0.870. The largest absolute Gasteiger partial charge is 0.293 e. The van der Waals surface area contributed by atoms with Crippen molar-refractivity contribution in [2.75, 3.05) is 0 Å². The molecule has 2 heteroatoms. The van der Waals surface area contributed by atoms with Crippen LogP contribution < -0.4 is 0 Å². The average Bonchev–Trinajstić information content (AvgIpc) is 2.89. The molecule has 2 aliphatic rings. The monoisotopic (exact) mass is 276 g/mol. The second-order valence-electron chi connectivity index (χ2n) is 6.36. The Morgan fingerprint density at radius 1 is 0.905 bits per heavy atom. The molecule has 0 heterocycles. The molecule has 2 nitrogen and oxygen atoms in total. The third-order valence-corrected chi connectivity index (χ3v) is 5.00. The van der Waals surface area contributed by atoms with Gasteiger partial charge in [-0.05, 0) is 43.4 Å². The molecule has 104 valence electrons. The molecule has 2 aliphatic carbocycles. The molecule has 1 spiro atoms. The molecule has 2 aromatic rings. The van der Waals surface area contributed by atoms with Gasteiger partial charge >= 0.3 is 0 Å². The summed E-state index contributed by atoms with van der Waals surface area (Å²) in [5.74, 6) is 0.0261. The number of carbonyl (C=O) groups is 2. The lowest BCUT2D eigenvalue weighted by atomic mass is 9.79. The summed E-state index contributed by atoms with van der Waals surface area (Å²) in [6.45, 7) is 4.03. The Bertz CT molecular complexity index is 816. The Kier molecular flexibility index (Phi) is 2.33. The number of hydrogen-bond donors (Lipinski definition) is 0. The highest BCUT2D eigenvalue weighted by molar-refractivity contribution is 6.24. The van der Waals surface area contributed by atoms with E-state index in [1.165, 1.54) is 0 Å². The van der Waals surface area contributed by atoms with Crippen LogP contribution in [0.25, 0.3) is 0 Å². The molecular weight excluding hydrogens is 260 g/mol. The summed E-state index contributed by atoms with van der Waals surface area (Å²) in [5, 5.41) is 0. The van der Waals surface area contributed by atoms with Gasteiger partial charge in [-0.2, -0.15) is 0 Å². The van der Waals surface area contributed by atoms with Gasteiger partial charge in [-0.25, -0.2) is 0 Å². The lowest BCUT2D eigenvalue weighted by Gasteiger charge is -2.18. The van der Waals surface area contributed by atoms with Gasteiger partial charge in [-0.15, -0.1) is 0 Å². The lowest BCUT2D eigenvalue weighted by molar-refractivity contribution is 0.0705. The van der Waals surface area contributed by atoms with E-state index < -0.39 is 5.41 Å². The summed E-state index contributed by atoms with van der Waals surface area (Å²) < 4.78 is 0. The van der Waals surface area contributed by atoms with Crippen LogP contribution in [0.4, 0.5) is 0 Å². The first kappa shape index (κ1) is 12.5. The van der Waals surface area contributed by atoms with Crippen molar-refractivity contribution in [2.24, 2.45) is 5.41 Å². The van der Waals surface area contributed by atoms with E-state index >= 15 is 0 Å². The molecule has 0 saturated heterocycles. The van der Waals surface area contributed by atoms with Crippen LogP contribution in [0, 0.1) is 19.3 Å². The van der Waals surface area contributed by atoms with Crippen LogP contribution in [0.5, 0.6) is 0 Å². The van der Waals surface area contributed by atoms with Crippen LogP contribution in [0.1, 0.15) is 43.0 Å². The standard InChI is InChI=1S/C19H16O2/c1-11-6-7-14-13(8-11)9-19(17(14)20)10-16-12(2)4-3-5-15(16)18(19)21/h3-8H,9-10H2,1-2H3/t19-/m0/s1. The number of aryl methyl sites for hydroxylation is 2. The van der Waals surface area contributed by atoms with Crippen LogP contribution in [0.2, 0.25) is 0 Å². The third kappa shape index (κ3) is 1.48. The summed E-state index contributed by atoms with van der Waals surface area (Å²) in [6.07, 6.45) is 1.11. The number of Topliss-reactive ketones (excluding diaryl/α,β-unsaturated/α-hetero) is 2. The Balaban J connectivity index is 1.88. The van der Waals surface area contributed by atoms with E-state index in [0.29, 0.717) is 12.8 Å². The number of ketones is 2. The molecule has 0 bridgehead atoms. The van der Waals surface area contributed by atoms with E-state index in [1.54, 1.807) is 0 Å². The molecule has 0 radical (unpaired) electrons. The fourth-order valence-electron chi connectivity index (χ4n) is 3.87. The molecule has 1 atom stereocenters. The first-order valence-corrected chi connectivity index (χ1v) is 7.30. The van der Waals surface area contributed by atoms with Gasteiger partial charge in [-0.3, -0.25) is 9.59 Å². The fourth-order valence-corrected chi connectivity index (χ4v) is 3.87. The fraction of sp³-hybridized carbons (Fsp3) is 0.263. The maximum atomic E-state index is 12.9. The topological polar surface area (TPSA) is 34.1 Å². The van der Waals surface area contributed by atoms with Crippen molar-refractivity contribution in [3.05, 3.63) is 69.8 Å². The van der Waals surface area contributed by atoms with Crippen molar-refractivity contribution in [1.82, 2.24) is 0 Å². The molecule has 21 heavy (non-hydrogen) atoms. The SMILES string of the molecule is Cc1ccc2c(c1)C[C@]1(Cc3c(C)cccc3C1=O)C2=O. The second-order valence-corrected chi connectivity index (χ2v) is 6.36. The van der Waals surface area contributed by atoms with Crippen LogP contribution in [0.15, 0.2) is 36.4 Å². The highest BCUT2D eigenvalue weighted by atomic mass is 16.2. The van der Waals surface area contributed by atoms with Gasteiger partial charge in [0.2, 0.25) is 0 Å². The molecule has 0 unspecified atom stereocenters. The first-order valence-electron chi connectivity index (χ1n) is 7.30. The van der Waals surface area contributed by atoms with Gasteiger partial charge in [0, 0.05) is 11.1 Å². The van der Waals surface area contributed by atoms with Crippen molar-refractivity contribution in [2.45, 2.75) is 26.7 Å². The summed E-state index contributed by atoms with van der Waals surface area (Å²) in [7, 11) is 0. The van der Waals surface area contributed by atoms with E-state index in [0.717, 1.165) is 33.4 Å². The Hall–Kier alpha value is -2.22. The number of carbonyl (C=O) groups excluding carboxylic acids is 2. The van der Waals surface area contributed by atoms with Gasteiger partial charge in [0.05, 0.1) is 0 Å². The Morgan fingerprint density at radius 3 is 2.43 bits per heavy atom. The molecule has 2 aromatic carbocycles. The lowest BCUT2D eigenvalue weighted by Crippen LogP contribution is -2.34.